The van der Waals surface area contributed by atoms with Crippen LogP contribution in [0.2, 0.25) is 0 Å². The number of alkyl halides is 1. The van der Waals surface area contributed by atoms with Gasteiger partial charge in [0, 0.05) is 44.7 Å². The first-order chi connectivity index (χ1) is 22.1. The summed E-state index contributed by atoms with van der Waals surface area (Å²) in [5, 5.41) is 23.5. The Morgan fingerprint density at radius 3 is 2.37 bits per heavy atom. The fourth-order valence-electron chi connectivity index (χ4n) is 7.67. The monoisotopic (exact) mass is 650 g/mol. The molecular weight excluding hydrogens is 607 g/mol. The summed E-state index contributed by atoms with van der Waals surface area (Å²) in [6.45, 7) is 2.04. The van der Waals surface area contributed by atoms with Gasteiger partial charge in [0.15, 0.2) is 5.67 Å². The van der Waals surface area contributed by atoms with E-state index < -0.39 is 27.0 Å². The molecule has 0 aromatic heterocycles. The lowest BCUT2D eigenvalue weighted by Crippen LogP contribution is -2.64. The van der Waals surface area contributed by atoms with Crippen molar-refractivity contribution in [3.05, 3.63) is 71.3 Å². The smallest absolute Gasteiger partial charge is 0.407 e. The number of allylic oxidation sites excluding steroid dienone is 1. The predicted octanol–water partition coefficient (Wildman–Crippen LogP) is 4.40. The van der Waals surface area contributed by atoms with Crippen molar-refractivity contribution in [1.29, 1.82) is 10.7 Å². The van der Waals surface area contributed by atoms with Crippen molar-refractivity contribution in [2.24, 2.45) is 11.8 Å². The second-order valence-electron chi connectivity index (χ2n) is 12.6. The highest BCUT2D eigenvalue weighted by molar-refractivity contribution is 7.96. The van der Waals surface area contributed by atoms with Gasteiger partial charge >= 0.3 is 6.09 Å². The van der Waals surface area contributed by atoms with Gasteiger partial charge in [-0.15, -0.1) is 0 Å². The molecule has 3 fully saturated rings. The lowest BCUT2D eigenvalue weighted by Gasteiger charge is -2.50. The maximum absolute atomic E-state index is 15.9. The van der Waals surface area contributed by atoms with Crippen molar-refractivity contribution in [3.63, 3.8) is 0 Å². The minimum absolute atomic E-state index is 0.0365. The van der Waals surface area contributed by atoms with Crippen molar-refractivity contribution in [3.8, 4) is 6.07 Å². The first-order valence-corrected chi connectivity index (χ1v) is 17.3. The number of alkyl carbamates (subject to hydrolysis) is 1. The molecule has 2 saturated heterocycles. The normalized spacial score (nSPS) is 23.4. The molecule has 2 aliphatic heterocycles. The van der Waals surface area contributed by atoms with Crippen molar-refractivity contribution < 1.29 is 22.3 Å². The van der Waals surface area contributed by atoms with Crippen LogP contribution < -0.4 is 15.5 Å². The van der Waals surface area contributed by atoms with E-state index in [2.05, 4.69) is 21.6 Å². The van der Waals surface area contributed by atoms with E-state index in [0.717, 1.165) is 49.6 Å². The van der Waals surface area contributed by atoms with Gasteiger partial charge in [-0.25, -0.2) is 17.6 Å². The van der Waals surface area contributed by atoms with Crippen LogP contribution in [0.5, 0.6) is 0 Å². The largest absolute Gasteiger partial charge is 0.446 e. The third-order valence-corrected chi connectivity index (χ3v) is 11.6. The van der Waals surface area contributed by atoms with Crippen LogP contribution in [0.15, 0.2) is 70.6 Å². The molecule has 2 heterocycles. The highest BCUT2D eigenvalue weighted by atomic mass is 32.2. The highest BCUT2D eigenvalue weighted by Gasteiger charge is 2.54. The molecule has 0 bridgehead atoms. The van der Waals surface area contributed by atoms with Gasteiger partial charge in [0.1, 0.15) is 11.0 Å². The molecule has 3 N–H and O–H groups in total. The summed E-state index contributed by atoms with van der Waals surface area (Å²) in [6, 6.07) is 18.9. The van der Waals surface area contributed by atoms with Crippen molar-refractivity contribution >= 4 is 27.8 Å². The molecule has 10 nitrogen and oxygen atoms in total. The lowest BCUT2D eigenvalue weighted by molar-refractivity contribution is 0.0165. The van der Waals surface area contributed by atoms with E-state index >= 15 is 4.39 Å². The van der Waals surface area contributed by atoms with Gasteiger partial charge in [-0.05, 0) is 80.9 Å². The molecule has 2 aromatic rings. The molecule has 0 radical (unpaired) electrons. The number of piperidine rings is 1. The quantitative estimate of drug-likeness (QED) is 0.305. The van der Waals surface area contributed by atoms with Gasteiger partial charge in [-0.2, -0.15) is 5.26 Å². The molecule has 1 saturated carbocycles. The number of likely N-dealkylation sites (tertiary alicyclic amines) is 1. The number of ether oxygens (including phenoxy) is 1. The van der Waals surface area contributed by atoms with E-state index in [9.17, 15) is 18.5 Å². The number of sulfone groups is 1. The summed E-state index contributed by atoms with van der Waals surface area (Å²) in [5.74, 6) is -0.0896. The van der Waals surface area contributed by atoms with E-state index in [0.29, 0.717) is 13.1 Å². The predicted molar refractivity (Wildman–Crippen MR) is 175 cm³/mol. The van der Waals surface area contributed by atoms with E-state index in [1.807, 2.05) is 35.2 Å². The number of nitrogens with one attached hydrogen (secondary N) is 3. The minimum Gasteiger partial charge on any atom is -0.446 e. The SMILES string of the molecule is CN/C=C(\C=N)S(=O)(=O)c1ccc(N2CC(F)(CN3CCC(C(C#N)(c4ccccc4)[C@@H]4CCC[C@H]4OC(=O)NC)CC3)C2)cc1. The van der Waals surface area contributed by atoms with E-state index in [-0.39, 0.29) is 47.4 Å². The number of nitriles is 1. The number of benzene rings is 2. The summed E-state index contributed by atoms with van der Waals surface area (Å²) in [4.78, 5) is 16.2. The van der Waals surface area contributed by atoms with Crippen LogP contribution in [0.25, 0.3) is 0 Å². The number of amides is 1. The van der Waals surface area contributed by atoms with Gasteiger partial charge in [0.05, 0.1) is 29.5 Å². The van der Waals surface area contributed by atoms with Gasteiger partial charge in [0.2, 0.25) is 9.84 Å². The molecule has 1 unspecified atom stereocenters. The van der Waals surface area contributed by atoms with Crippen LogP contribution in [0.4, 0.5) is 14.9 Å². The van der Waals surface area contributed by atoms with E-state index in [1.165, 1.54) is 18.3 Å². The Balaban J connectivity index is 1.23. The second kappa shape index (κ2) is 13.8. The average Bonchev–Trinajstić information content (AvgIpc) is 3.52. The van der Waals surface area contributed by atoms with Crippen LogP contribution >= 0.6 is 0 Å². The minimum atomic E-state index is -3.83. The number of hydrogen-bond acceptors (Lipinski definition) is 9. The summed E-state index contributed by atoms with van der Waals surface area (Å²) >= 11 is 0. The number of nitrogens with zero attached hydrogens (tertiary/aromatic N) is 3. The standard InChI is InChI=1S/C34H43FN6O4S/c1-38-20-29(19-36)46(43,44)28-13-11-27(12-14-28)41-23-33(35,24-41)22-40-17-15-26(16-18-40)34(21-37,25-7-4-3-5-8-25)30-9-6-10-31(30)45-32(42)39-2/h3-5,7-8,11-14,19-20,26,30-31,36,38H,6,9-10,15-18,22-24H2,1-2H3,(H,39,42)/b29-20+,36-19?/t30-,31-,34?/m1/s1. The molecule has 1 aliphatic carbocycles. The maximum atomic E-state index is 15.9. The Kier molecular flexibility index (Phi) is 10.0. The maximum Gasteiger partial charge on any atom is 0.407 e. The fraction of sp³-hybridized carbons (Fsp3) is 0.500. The Bertz CT molecular complexity index is 1560. The number of rotatable bonds is 11. The summed E-state index contributed by atoms with van der Waals surface area (Å²) in [5.41, 5.74) is -0.516. The molecule has 0 spiro atoms. The van der Waals surface area contributed by atoms with Crippen molar-refractivity contribution in [1.82, 2.24) is 15.5 Å². The molecule has 3 atom stereocenters. The number of carbonyl (C=O) groups excluding carboxylic acids is 1. The van der Waals surface area contributed by atoms with E-state index in [4.69, 9.17) is 10.1 Å². The average molecular weight is 651 g/mol. The molecular formula is C34H43FN6O4S. The number of carbonyl (C=O) groups is 1. The van der Waals surface area contributed by atoms with Crippen LogP contribution in [-0.2, 0) is 20.0 Å². The van der Waals surface area contributed by atoms with E-state index in [1.54, 1.807) is 26.2 Å². The van der Waals surface area contributed by atoms with Gasteiger partial charge < -0.3 is 25.7 Å². The number of hydrogen-bond donors (Lipinski definition) is 3. The van der Waals surface area contributed by atoms with Gasteiger partial charge in [-0.3, -0.25) is 4.90 Å². The first-order valence-electron chi connectivity index (χ1n) is 15.8. The summed E-state index contributed by atoms with van der Waals surface area (Å²) in [7, 11) is -0.716. The summed E-state index contributed by atoms with van der Waals surface area (Å²) < 4.78 is 47.3. The van der Waals surface area contributed by atoms with Crippen molar-refractivity contribution in [2.45, 2.75) is 54.2 Å². The second-order valence-corrected chi connectivity index (χ2v) is 14.6. The third kappa shape index (κ3) is 6.48. The number of halogens is 1. The van der Waals surface area contributed by atoms with Crippen LogP contribution in [-0.4, -0.2) is 84.2 Å². The van der Waals surface area contributed by atoms with Crippen LogP contribution in [0.3, 0.4) is 0 Å². The molecule has 46 heavy (non-hydrogen) atoms. The zero-order chi connectivity index (χ0) is 33.0. The zero-order valence-corrected chi connectivity index (χ0v) is 27.2. The Morgan fingerprint density at radius 2 is 1.78 bits per heavy atom. The summed E-state index contributed by atoms with van der Waals surface area (Å²) in [6.07, 6.45) is 5.13. The van der Waals surface area contributed by atoms with Crippen LogP contribution in [0.1, 0.15) is 37.7 Å². The highest BCUT2D eigenvalue weighted by Crippen LogP contribution is 2.51. The van der Waals surface area contributed by atoms with Crippen molar-refractivity contribution in [2.75, 3.05) is 51.7 Å². The molecule has 246 valence electrons. The zero-order valence-electron chi connectivity index (χ0n) is 26.4. The first kappa shape index (κ1) is 33.4. The lowest BCUT2D eigenvalue weighted by atomic mass is 9.59. The molecule has 3 aliphatic rings. The topological polar surface area (TPSA) is 139 Å². The number of anilines is 1. The molecule has 2 aromatic carbocycles. The Labute approximate surface area is 271 Å². The third-order valence-electron chi connectivity index (χ3n) is 9.87. The molecule has 5 rings (SSSR count). The Morgan fingerprint density at radius 1 is 1.11 bits per heavy atom. The molecule has 1 amide bonds. The Hall–Kier alpha value is -3.95. The fourth-order valence-corrected chi connectivity index (χ4v) is 8.86. The molecule has 12 heteroatoms. The van der Waals surface area contributed by atoms with Gasteiger partial charge in [0.25, 0.3) is 0 Å². The van der Waals surface area contributed by atoms with Gasteiger partial charge in [-0.1, -0.05) is 30.3 Å². The van der Waals surface area contributed by atoms with Crippen LogP contribution in [0, 0.1) is 28.6 Å².